The average molecular weight is 277 g/mol. The number of anilines is 1. The summed E-state index contributed by atoms with van der Waals surface area (Å²) in [5, 5.41) is 8.79. The fourth-order valence-corrected chi connectivity index (χ4v) is 1.63. The molecular formula is C8H8INO2. The minimum atomic E-state index is -0.959. The predicted molar refractivity (Wildman–Crippen MR) is 55.5 cm³/mol. The molecule has 0 saturated heterocycles. The van der Waals surface area contributed by atoms with Crippen molar-refractivity contribution < 1.29 is 9.90 Å². The lowest BCUT2D eigenvalue weighted by molar-refractivity contribution is 0.0697. The third kappa shape index (κ3) is 1.69. The van der Waals surface area contributed by atoms with Gasteiger partial charge in [-0.15, -0.1) is 0 Å². The van der Waals surface area contributed by atoms with Crippen LogP contribution >= 0.6 is 22.6 Å². The molecule has 64 valence electrons. The normalized spacial score (nSPS) is 9.75. The van der Waals surface area contributed by atoms with E-state index in [4.69, 9.17) is 10.8 Å². The maximum absolute atomic E-state index is 10.7. The van der Waals surface area contributed by atoms with Gasteiger partial charge >= 0.3 is 5.97 Å². The molecule has 0 fully saturated rings. The monoisotopic (exact) mass is 277 g/mol. The molecule has 0 atom stereocenters. The van der Waals surface area contributed by atoms with Crippen molar-refractivity contribution in [2.75, 3.05) is 5.73 Å². The minimum absolute atomic E-state index is 0.229. The van der Waals surface area contributed by atoms with Gasteiger partial charge in [0.05, 0.1) is 5.56 Å². The highest BCUT2D eigenvalue weighted by Crippen LogP contribution is 2.19. The number of benzene rings is 1. The molecule has 3 N–H and O–H groups in total. The smallest absolute Gasteiger partial charge is 0.338 e. The number of aromatic carboxylic acids is 1. The van der Waals surface area contributed by atoms with Gasteiger partial charge in [-0.05, 0) is 11.6 Å². The van der Waals surface area contributed by atoms with Crippen LogP contribution in [0.25, 0.3) is 0 Å². The molecule has 0 aliphatic rings. The Morgan fingerprint density at radius 2 is 2.25 bits per heavy atom. The van der Waals surface area contributed by atoms with Crippen molar-refractivity contribution in [2.24, 2.45) is 0 Å². The van der Waals surface area contributed by atoms with E-state index in [1.807, 2.05) is 0 Å². The van der Waals surface area contributed by atoms with Crippen molar-refractivity contribution in [3.05, 3.63) is 29.3 Å². The zero-order valence-electron chi connectivity index (χ0n) is 6.25. The lowest BCUT2D eigenvalue weighted by Gasteiger charge is -2.04. The maximum atomic E-state index is 10.7. The molecule has 0 bridgehead atoms. The van der Waals surface area contributed by atoms with E-state index in [1.165, 1.54) is 0 Å². The van der Waals surface area contributed by atoms with Crippen molar-refractivity contribution in [2.45, 2.75) is 4.43 Å². The molecule has 12 heavy (non-hydrogen) atoms. The molecule has 0 unspecified atom stereocenters. The van der Waals surface area contributed by atoms with Gasteiger partial charge in [0.1, 0.15) is 0 Å². The zero-order chi connectivity index (χ0) is 9.14. The summed E-state index contributed by atoms with van der Waals surface area (Å²) in [6, 6.07) is 5.13. The van der Waals surface area contributed by atoms with Gasteiger partial charge in [-0.2, -0.15) is 0 Å². The summed E-state index contributed by atoms with van der Waals surface area (Å²) in [4.78, 5) is 10.7. The van der Waals surface area contributed by atoms with Crippen LogP contribution in [0.2, 0.25) is 0 Å². The Bertz CT molecular complexity index is 312. The van der Waals surface area contributed by atoms with Crippen LogP contribution in [0.1, 0.15) is 15.9 Å². The maximum Gasteiger partial charge on any atom is 0.338 e. The van der Waals surface area contributed by atoms with Crippen molar-refractivity contribution in [3.8, 4) is 0 Å². The van der Waals surface area contributed by atoms with E-state index in [2.05, 4.69) is 22.6 Å². The topological polar surface area (TPSA) is 63.3 Å². The fraction of sp³-hybridized carbons (Fsp3) is 0.125. The van der Waals surface area contributed by atoms with Crippen molar-refractivity contribution >= 4 is 34.2 Å². The summed E-state index contributed by atoms with van der Waals surface area (Å²) >= 11 is 2.11. The Kier molecular flexibility index (Phi) is 2.91. The van der Waals surface area contributed by atoms with Crippen LogP contribution in [0.15, 0.2) is 18.2 Å². The second kappa shape index (κ2) is 3.75. The van der Waals surface area contributed by atoms with Crippen molar-refractivity contribution in [3.63, 3.8) is 0 Å². The van der Waals surface area contributed by atoms with Crippen molar-refractivity contribution in [1.29, 1.82) is 0 Å². The number of carboxylic acids is 1. The quantitative estimate of drug-likeness (QED) is 0.493. The second-order valence-electron chi connectivity index (χ2n) is 2.32. The molecule has 1 rings (SSSR count). The number of carboxylic acid groups (broad SMARTS) is 1. The number of carbonyl (C=O) groups is 1. The van der Waals surface area contributed by atoms with E-state index >= 15 is 0 Å². The van der Waals surface area contributed by atoms with Crippen LogP contribution in [0.3, 0.4) is 0 Å². The van der Waals surface area contributed by atoms with Crippen LogP contribution in [-0.4, -0.2) is 11.1 Å². The van der Waals surface area contributed by atoms with E-state index in [1.54, 1.807) is 18.2 Å². The lowest BCUT2D eigenvalue weighted by atomic mass is 10.1. The molecule has 0 saturated carbocycles. The van der Waals surface area contributed by atoms with E-state index in [0.717, 1.165) is 5.56 Å². The molecular weight excluding hydrogens is 269 g/mol. The van der Waals surface area contributed by atoms with Crippen LogP contribution in [-0.2, 0) is 4.43 Å². The third-order valence-electron chi connectivity index (χ3n) is 1.54. The third-order valence-corrected chi connectivity index (χ3v) is 2.36. The minimum Gasteiger partial charge on any atom is -0.478 e. The van der Waals surface area contributed by atoms with E-state index in [9.17, 15) is 4.79 Å². The summed E-state index contributed by atoms with van der Waals surface area (Å²) in [5.74, 6) is -0.959. The number of rotatable bonds is 2. The summed E-state index contributed by atoms with van der Waals surface area (Å²) in [5.41, 5.74) is 6.84. The molecule has 1 aromatic carbocycles. The SMILES string of the molecule is Nc1cccc(CI)c1C(=O)O. The van der Waals surface area contributed by atoms with E-state index in [-0.39, 0.29) is 5.56 Å². The van der Waals surface area contributed by atoms with Crippen LogP contribution in [0.5, 0.6) is 0 Å². The van der Waals surface area contributed by atoms with Gasteiger partial charge in [0.15, 0.2) is 0 Å². The Labute approximate surface area is 83.7 Å². The number of hydrogen-bond donors (Lipinski definition) is 2. The number of alkyl halides is 1. The highest BCUT2D eigenvalue weighted by molar-refractivity contribution is 14.1. The molecule has 0 spiro atoms. The van der Waals surface area contributed by atoms with Crippen molar-refractivity contribution in [1.82, 2.24) is 0 Å². The van der Waals surface area contributed by atoms with Gasteiger partial charge in [0.2, 0.25) is 0 Å². The molecule has 4 heteroatoms. The van der Waals surface area contributed by atoms with Crippen LogP contribution in [0, 0.1) is 0 Å². The Morgan fingerprint density at radius 3 is 2.67 bits per heavy atom. The number of halogens is 1. The van der Waals surface area contributed by atoms with Gasteiger partial charge in [-0.25, -0.2) is 4.79 Å². The first-order valence-corrected chi connectivity index (χ1v) is 4.86. The number of nitrogen functional groups attached to an aromatic ring is 1. The van der Waals surface area contributed by atoms with Gasteiger partial charge < -0.3 is 10.8 Å². The van der Waals surface area contributed by atoms with E-state index < -0.39 is 5.97 Å². The average Bonchev–Trinajstić information content (AvgIpc) is 2.03. The first kappa shape index (κ1) is 9.31. The molecule has 0 radical (unpaired) electrons. The standard InChI is InChI=1S/C8H8INO2/c9-4-5-2-1-3-6(10)7(5)8(11)12/h1-3H,4,10H2,(H,11,12). The fourth-order valence-electron chi connectivity index (χ4n) is 0.992. The molecule has 0 aliphatic carbocycles. The molecule has 0 aromatic heterocycles. The summed E-state index contributed by atoms with van der Waals surface area (Å²) in [6.07, 6.45) is 0. The van der Waals surface area contributed by atoms with Gasteiger partial charge in [-0.3, -0.25) is 0 Å². The molecule has 0 heterocycles. The molecule has 0 amide bonds. The summed E-state index contributed by atoms with van der Waals surface area (Å²) < 4.78 is 0.657. The van der Waals surface area contributed by atoms with Crippen LogP contribution < -0.4 is 5.73 Å². The van der Waals surface area contributed by atoms with Gasteiger partial charge in [0, 0.05) is 10.1 Å². The molecule has 0 aliphatic heterocycles. The first-order valence-electron chi connectivity index (χ1n) is 3.33. The Morgan fingerprint density at radius 1 is 1.58 bits per heavy atom. The van der Waals surface area contributed by atoms with E-state index in [0.29, 0.717) is 10.1 Å². The van der Waals surface area contributed by atoms with Gasteiger partial charge in [0.25, 0.3) is 0 Å². The summed E-state index contributed by atoms with van der Waals surface area (Å²) in [7, 11) is 0. The molecule has 1 aromatic rings. The summed E-state index contributed by atoms with van der Waals surface area (Å²) in [6.45, 7) is 0. The zero-order valence-corrected chi connectivity index (χ0v) is 8.41. The van der Waals surface area contributed by atoms with Crippen LogP contribution in [0.4, 0.5) is 5.69 Å². The lowest BCUT2D eigenvalue weighted by Crippen LogP contribution is -2.05. The number of nitrogens with two attached hydrogens (primary N) is 1. The predicted octanol–water partition coefficient (Wildman–Crippen LogP) is 1.90. The second-order valence-corrected chi connectivity index (χ2v) is 3.08. The Hall–Kier alpha value is -0.780. The Balaban J connectivity index is 3.29. The number of hydrogen-bond acceptors (Lipinski definition) is 2. The highest BCUT2D eigenvalue weighted by atomic mass is 127. The van der Waals surface area contributed by atoms with Gasteiger partial charge in [-0.1, -0.05) is 34.7 Å². The largest absolute Gasteiger partial charge is 0.478 e. The molecule has 3 nitrogen and oxygen atoms in total. The first-order chi connectivity index (χ1) is 5.66. The highest BCUT2D eigenvalue weighted by Gasteiger charge is 2.11.